The van der Waals surface area contributed by atoms with Gasteiger partial charge in [0.2, 0.25) is 0 Å². The van der Waals surface area contributed by atoms with Gasteiger partial charge in [-0.05, 0) is 78.8 Å². The highest BCUT2D eigenvalue weighted by Crippen LogP contribution is 2.60. The average Bonchev–Trinajstić information content (AvgIpc) is 3.10. The molecule has 0 radical (unpaired) electrons. The lowest BCUT2D eigenvalue weighted by Crippen LogP contribution is -2.36. The Kier molecular flexibility index (Phi) is 8.66. The Morgan fingerprint density at radius 1 is 1.13 bits per heavy atom. The van der Waals surface area contributed by atoms with E-state index >= 15 is 0 Å². The summed E-state index contributed by atoms with van der Waals surface area (Å²) >= 11 is 0. The second-order valence-electron chi connectivity index (χ2n) is 11.3. The van der Waals surface area contributed by atoms with Crippen molar-refractivity contribution in [3.05, 3.63) is 35.5 Å². The zero-order valence-corrected chi connectivity index (χ0v) is 20.7. The highest BCUT2D eigenvalue weighted by atomic mass is 16.3. The van der Waals surface area contributed by atoms with E-state index in [-0.39, 0.29) is 0 Å². The number of hydrogen-bond acceptors (Lipinski definition) is 2. The summed E-state index contributed by atoms with van der Waals surface area (Å²) in [6, 6.07) is 0. The highest BCUT2D eigenvalue weighted by molar-refractivity contribution is 5.38. The fourth-order valence-corrected chi connectivity index (χ4v) is 7.31. The van der Waals surface area contributed by atoms with Crippen LogP contribution < -0.4 is 0 Å². The van der Waals surface area contributed by atoms with Crippen LogP contribution in [0.2, 0.25) is 0 Å². The standard InChI is InChI=1S/C29H48O2/c1-6-22(7-2)11-8-10-20(3)26-15-16-27-23(12-9-17-29(26,27)5)13-14-24-18-25(30)19-28(31)21(24)4/h13-14,20,22,25-28,30-31H,4,6-12,15-19H2,1-3,5H3/b23-13+,24-14-/t20-,25-,26-,27+,28?,29-/m1/s1. The van der Waals surface area contributed by atoms with Gasteiger partial charge in [-0.15, -0.1) is 0 Å². The van der Waals surface area contributed by atoms with E-state index in [0.29, 0.717) is 24.2 Å². The second-order valence-corrected chi connectivity index (χ2v) is 11.3. The third-order valence-electron chi connectivity index (χ3n) is 9.42. The molecule has 6 atom stereocenters. The first-order valence-corrected chi connectivity index (χ1v) is 13.2. The van der Waals surface area contributed by atoms with E-state index in [1.807, 2.05) is 0 Å². The molecule has 2 N–H and O–H groups in total. The number of allylic oxidation sites excluding steroid dienone is 3. The fourth-order valence-electron chi connectivity index (χ4n) is 7.31. The van der Waals surface area contributed by atoms with Crippen LogP contribution in [0, 0.1) is 29.1 Å². The summed E-state index contributed by atoms with van der Waals surface area (Å²) < 4.78 is 0. The monoisotopic (exact) mass is 428 g/mol. The first-order valence-electron chi connectivity index (χ1n) is 13.2. The van der Waals surface area contributed by atoms with E-state index in [9.17, 15) is 10.2 Å². The lowest BCUT2D eigenvalue weighted by atomic mass is 9.60. The van der Waals surface area contributed by atoms with Gasteiger partial charge in [-0.1, -0.05) is 84.1 Å². The minimum absolute atomic E-state index is 0.421. The van der Waals surface area contributed by atoms with Crippen LogP contribution in [0.25, 0.3) is 0 Å². The van der Waals surface area contributed by atoms with Crippen LogP contribution in [0.4, 0.5) is 0 Å². The summed E-state index contributed by atoms with van der Waals surface area (Å²) in [6.07, 6.45) is 18.0. The van der Waals surface area contributed by atoms with Crippen LogP contribution in [0.15, 0.2) is 35.5 Å². The molecule has 0 aliphatic heterocycles. The van der Waals surface area contributed by atoms with Crippen molar-refractivity contribution in [1.82, 2.24) is 0 Å². The molecule has 3 aliphatic carbocycles. The number of rotatable bonds is 8. The molecule has 31 heavy (non-hydrogen) atoms. The topological polar surface area (TPSA) is 40.5 Å². The van der Waals surface area contributed by atoms with Crippen LogP contribution in [0.5, 0.6) is 0 Å². The molecular formula is C29H48O2. The second kappa shape index (κ2) is 10.8. The molecule has 0 heterocycles. The summed E-state index contributed by atoms with van der Waals surface area (Å²) in [5, 5.41) is 20.2. The van der Waals surface area contributed by atoms with Crippen LogP contribution in [0.3, 0.4) is 0 Å². The fraction of sp³-hybridized carbons (Fsp3) is 0.793. The zero-order chi connectivity index (χ0) is 22.6. The number of aliphatic hydroxyl groups is 2. The zero-order valence-electron chi connectivity index (χ0n) is 20.7. The van der Waals surface area contributed by atoms with Crippen molar-refractivity contribution in [1.29, 1.82) is 0 Å². The van der Waals surface area contributed by atoms with Gasteiger partial charge in [0, 0.05) is 6.42 Å². The lowest BCUT2D eigenvalue weighted by Gasteiger charge is -2.44. The van der Waals surface area contributed by atoms with Gasteiger partial charge < -0.3 is 10.2 Å². The van der Waals surface area contributed by atoms with Gasteiger partial charge in [-0.3, -0.25) is 0 Å². The molecule has 3 aliphatic rings. The van der Waals surface area contributed by atoms with Crippen LogP contribution in [-0.2, 0) is 0 Å². The third-order valence-corrected chi connectivity index (χ3v) is 9.42. The van der Waals surface area contributed by atoms with E-state index in [1.165, 1.54) is 64.2 Å². The maximum atomic E-state index is 10.2. The molecule has 2 heteroatoms. The predicted molar refractivity (Wildman–Crippen MR) is 132 cm³/mol. The number of hydrogen-bond donors (Lipinski definition) is 2. The number of aliphatic hydroxyl groups excluding tert-OH is 2. The van der Waals surface area contributed by atoms with Crippen LogP contribution in [0.1, 0.15) is 105 Å². The summed E-state index contributed by atoms with van der Waals surface area (Å²) in [6.45, 7) is 13.9. The van der Waals surface area contributed by atoms with Gasteiger partial charge in [0.1, 0.15) is 0 Å². The van der Waals surface area contributed by atoms with Crippen molar-refractivity contribution < 1.29 is 10.2 Å². The van der Waals surface area contributed by atoms with Gasteiger partial charge >= 0.3 is 0 Å². The third kappa shape index (κ3) is 5.56. The Labute approximate surface area is 191 Å². The van der Waals surface area contributed by atoms with E-state index in [4.69, 9.17) is 0 Å². The maximum Gasteiger partial charge on any atom is 0.0811 e. The van der Waals surface area contributed by atoms with E-state index < -0.39 is 12.2 Å². The number of fused-ring (bicyclic) bond motifs is 1. The molecule has 0 amide bonds. The summed E-state index contributed by atoms with van der Waals surface area (Å²) in [5.41, 5.74) is 3.89. The van der Waals surface area contributed by atoms with Gasteiger partial charge in [-0.25, -0.2) is 0 Å². The largest absolute Gasteiger partial charge is 0.393 e. The Morgan fingerprint density at radius 2 is 1.87 bits per heavy atom. The normalized spacial score (nSPS) is 37.6. The van der Waals surface area contributed by atoms with Gasteiger partial charge in [0.25, 0.3) is 0 Å². The molecule has 0 saturated heterocycles. The molecule has 3 rings (SSSR count). The van der Waals surface area contributed by atoms with Crippen molar-refractivity contribution in [3.8, 4) is 0 Å². The molecule has 3 saturated carbocycles. The Bertz CT molecular complexity index is 670. The van der Waals surface area contributed by atoms with Crippen molar-refractivity contribution in [2.45, 2.75) is 117 Å². The minimum Gasteiger partial charge on any atom is -0.393 e. The molecule has 176 valence electrons. The highest BCUT2D eigenvalue weighted by Gasteiger charge is 2.50. The molecule has 3 fully saturated rings. The minimum atomic E-state index is -0.596. The molecule has 0 aromatic carbocycles. The Hall–Kier alpha value is -0.860. The maximum absolute atomic E-state index is 10.2. The molecular weight excluding hydrogens is 380 g/mol. The quantitative estimate of drug-likeness (QED) is 0.423. The SMILES string of the molecule is C=C1/C(=C\C=C2/CCC[C@]3(C)[C@@H]([C@H](C)CCCC(CC)CC)CC[C@@H]23)C[C@@H](O)CC1O. The summed E-state index contributed by atoms with van der Waals surface area (Å²) in [5.74, 6) is 3.30. The first kappa shape index (κ1) is 24.8. The lowest BCUT2D eigenvalue weighted by molar-refractivity contribution is 0.0861. The molecule has 0 aromatic heterocycles. The Balaban J connectivity index is 1.67. The van der Waals surface area contributed by atoms with Crippen molar-refractivity contribution in [2.75, 3.05) is 0 Å². The summed E-state index contributed by atoms with van der Waals surface area (Å²) in [4.78, 5) is 0. The smallest absolute Gasteiger partial charge is 0.0811 e. The van der Waals surface area contributed by atoms with Crippen molar-refractivity contribution >= 4 is 0 Å². The van der Waals surface area contributed by atoms with Gasteiger partial charge in [0.05, 0.1) is 12.2 Å². The summed E-state index contributed by atoms with van der Waals surface area (Å²) in [7, 11) is 0. The van der Waals surface area contributed by atoms with Gasteiger partial charge in [-0.2, -0.15) is 0 Å². The van der Waals surface area contributed by atoms with E-state index in [0.717, 1.165) is 28.9 Å². The molecule has 0 bridgehead atoms. The molecule has 0 aromatic rings. The molecule has 0 spiro atoms. The van der Waals surface area contributed by atoms with Crippen molar-refractivity contribution in [2.24, 2.45) is 29.1 Å². The predicted octanol–water partition coefficient (Wildman–Crippen LogP) is 7.37. The van der Waals surface area contributed by atoms with Gasteiger partial charge in [0.15, 0.2) is 0 Å². The first-order chi connectivity index (χ1) is 14.8. The van der Waals surface area contributed by atoms with E-state index in [1.54, 1.807) is 5.57 Å². The molecule has 2 nitrogen and oxygen atoms in total. The molecule has 1 unspecified atom stereocenters. The van der Waals surface area contributed by atoms with Crippen LogP contribution >= 0.6 is 0 Å². The Morgan fingerprint density at radius 3 is 2.58 bits per heavy atom. The van der Waals surface area contributed by atoms with Crippen molar-refractivity contribution in [3.63, 3.8) is 0 Å². The van der Waals surface area contributed by atoms with E-state index in [2.05, 4.69) is 46.4 Å². The average molecular weight is 429 g/mol. The van der Waals surface area contributed by atoms with Crippen LogP contribution in [-0.4, -0.2) is 22.4 Å².